The highest BCUT2D eigenvalue weighted by Crippen LogP contribution is 2.25. The first-order valence-corrected chi connectivity index (χ1v) is 4.76. The van der Waals surface area contributed by atoms with Crippen LogP contribution in [-0.4, -0.2) is 0 Å². The lowest BCUT2D eigenvalue weighted by Gasteiger charge is -2.04. The van der Waals surface area contributed by atoms with E-state index in [2.05, 4.69) is 35.8 Å². The highest BCUT2D eigenvalue weighted by atomic mass is 79.9. The van der Waals surface area contributed by atoms with Crippen molar-refractivity contribution < 1.29 is 0 Å². The van der Waals surface area contributed by atoms with Crippen LogP contribution in [0.5, 0.6) is 0 Å². The molecule has 0 saturated heterocycles. The Labute approximate surface area is 80.7 Å². The number of hydrogen-bond donors (Lipinski definition) is 0. The standard InChI is InChI=1S/C9H10BrCl/c1-3-7-4-6(2)8(10)5-9(7)11/h4-5H,3H2,1-2H3. The summed E-state index contributed by atoms with van der Waals surface area (Å²) in [5, 5.41) is 0.852. The molecule has 0 heterocycles. The van der Waals surface area contributed by atoms with Gasteiger partial charge in [-0.25, -0.2) is 0 Å². The molecule has 0 nitrogen and oxygen atoms in total. The van der Waals surface area contributed by atoms with Gasteiger partial charge < -0.3 is 0 Å². The smallest absolute Gasteiger partial charge is 0.0449 e. The van der Waals surface area contributed by atoms with Crippen molar-refractivity contribution in [3.05, 3.63) is 32.8 Å². The van der Waals surface area contributed by atoms with Gasteiger partial charge in [-0.3, -0.25) is 0 Å². The van der Waals surface area contributed by atoms with Crippen LogP contribution in [-0.2, 0) is 6.42 Å². The second-order valence-electron chi connectivity index (χ2n) is 2.55. The molecule has 0 aliphatic heterocycles. The van der Waals surface area contributed by atoms with Crippen molar-refractivity contribution >= 4 is 27.5 Å². The van der Waals surface area contributed by atoms with E-state index in [-0.39, 0.29) is 0 Å². The zero-order chi connectivity index (χ0) is 8.43. The predicted molar refractivity (Wildman–Crippen MR) is 53.3 cm³/mol. The minimum Gasteiger partial charge on any atom is -0.0840 e. The molecule has 11 heavy (non-hydrogen) atoms. The Hall–Kier alpha value is -0.0100. The third kappa shape index (κ3) is 1.97. The van der Waals surface area contributed by atoms with E-state index in [1.54, 1.807) is 0 Å². The molecule has 0 amide bonds. The molecule has 0 atom stereocenters. The second kappa shape index (κ2) is 3.59. The Morgan fingerprint density at radius 1 is 1.45 bits per heavy atom. The van der Waals surface area contributed by atoms with Gasteiger partial charge in [-0.15, -0.1) is 0 Å². The zero-order valence-electron chi connectivity index (χ0n) is 6.62. The Morgan fingerprint density at radius 3 is 2.64 bits per heavy atom. The van der Waals surface area contributed by atoms with E-state index < -0.39 is 0 Å². The van der Waals surface area contributed by atoms with Gasteiger partial charge in [0.05, 0.1) is 0 Å². The second-order valence-corrected chi connectivity index (χ2v) is 3.81. The average molecular weight is 234 g/mol. The average Bonchev–Trinajstić information content (AvgIpc) is 1.97. The first kappa shape index (κ1) is 9.08. The minimum absolute atomic E-state index is 0.852. The molecule has 0 aliphatic rings. The van der Waals surface area contributed by atoms with Crippen molar-refractivity contribution in [1.29, 1.82) is 0 Å². The normalized spacial score (nSPS) is 10.2. The summed E-state index contributed by atoms with van der Waals surface area (Å²) in [7, 11) is 0. The summed E-state index contributed by atoms with van der Waals surface area (Å²) in [4.78, 5) is 0. The maximum Gasteiger partial charge on any atom is 0.0449 e. The molecule has 0 radical (unpaired) electrons. The van der Waals surface area contributed by atoms with Gasteiger partial charge in [0.1, 0.15) is 0 Å². The first-order chi connectivity index (χ1) is 5.15. The molecule has 60 valence electrons. The molecule has 1 aromatic carbocycles. The number of halogens is 2. The monoisotopic (exact) mass is 232 g/mol. The van der Waals surface area contributed by atoms with Gasteiger partial charge in [-0.05, 0) is 30.5 Å². The zero-order valence-corrected chi connectivity index (χ0v) is 8.96. The van der Waals surface area contributed by atoms with Crippen molar-refractivity contribution in [3.63, 3.8) is 0 Å². The Morgan fingerprint density at radius 2 is 2.09 bits per heavy atom. The summed E-state index contributed by atoms with van der Waals surface area (Å²) in [6.45, 7) is 4.17. The van der Waals surface area contributed by atoms with Crippen LogP contribution in [0.1, 0.15) is 18.1 Å². The van der Waals surface area contributed by atoms with E-state index in [0.717, 1.165) is 15.9 Å². The Kier molecular flexibility index (Phi) is 2.97. The number of benzene rings is 1. The van der Waals surface area contributed by atoms with Gasteiger partial charge in [0.25, 0.3) is 0 Å². The minimum atomic E-state index is 0.852. The van der Waals surface area contributed by atoms with Crippen molar-refractivity contribution in [2.75, 3.05) is 0 Å². The summed E-state index contributed by atoms with van der Waals surface area (Å²) in [6.07, 6.45) is 0.993. The topological polar surface area (TPSA) is 0 Å². The van der Waals surface area contributed by atoms with Crippen LogP contribution in [0.4, 0.5) is 0 Å². The van der Waals surface area contributed by atoms with Crippen LogP contribution >= 0.6 is 27.5 Å². The molecule has 0 aliphatic carbocycles. The van der Waals surface area contributed by atoms with E-state index in [9.17, 15) is 0 Å². The quantitative estimate of drug-likeness (QED) is 0.688. The maximum absolute atomic E-state index is 5.97. The van der Waals surface area contributed by atoms with Crippen molar-refractivity contribution in [3.8, 4) is 0 Å². The van der Waals surface area contributed by atoms with Crippen LogP contribution in [0.2, 0.25) is 5.02 Å². The third-order valence-electron chi connectivity index (χ3n) is 1.71. The molecule has 0 bridgehead atoms. The summed E-state index contributed by atoms with van der Waals surface area (Å²) in [5.41, 5.74) is 2.46. The summed E-state index contributed by atoms with van der Waals surface area (Å²) in [6, 6.07) is 4.07. The van der Waals surface area contributed by atoms with E-state index >= 15 is 0 Å². The van der Waals surface area contributed by atoms with Crippen LogP contribution in [0.25, 0.3) is 0 Å². The lowest BCUT2D eigenvalue weighted by molar-refractivity contribution is 1.13. The molecule has 0 unspecified atom stereocenters. The van der Waals surface area contributed by atoms with Crippen LogP contribution in [0.3, 0.4) is 0 Å². The molecule has 0 spiro atoms. The Bertz CT molecular complexity index is 269. The van der Waals surface area contributed by atoms with Crippen molar-refractivity contribution in [2.45, 2.75) is 20.3 Å². The fourth-order valence-electron chi connectivity index (χ4n) is 0.988. The van der Waals surface area contributed by atoms with E-state index in [0.29, 0.717) is 0 Å². The molecule has 2 heteroatoms. The first-order valence-electron chi connectivity index (χ1n) is 3.59. The van der Waals surface area contributed by atoms with Gasteiger partial charge in [-0.1, -0.05) is 40.5 Å². The van der Waals surface area contributed by atoms with Gasteiger partial charge in [0.2, 0.25) is 0 Å². The number of rotatable bonds is 1. The molecule has 1 aromatic rings. The lowest BCUT2D eigenvalue weighted by Crippen LogP contribution is -1.84. The van der Waals surface area contributed by atoms with E-state index in [1.165, 1.54) is 11.1 Å². The summed E-state index contributed by atoms with van der Waals surface area (Å²) in [5.74, 6) is 0. The number of aryl methyl sites for hydroxylation is 2. The van der Waals surface area contributed by atoms with Gasteiger partial charge >= 0.3 is 0 Å². The lowest BCUT2D eigenvalue weighted by atomic mass is 10.1. The molecule has 1 rings (SSSR count). The van der Waals surface area contributed by atoms with E-state index in [4.69, 9.17) is 11.6 Å². The maximum atomic E-state index is 5.97. The SMILES string of the molecule is CCc1cc(C)c(Br)cc1Cl. The van der Waals surface area contributed by atoms with Crippen LogP contribution in [0, 0.1) is 6.92 Å². The number of hydrogen-bond acceptors (Lipinski definition) is 0. The van der Waals surface area contributed by atoms with Crippen LogP contribution in [0.15, 0.2) is 16.6 Å². The summed E-state index contributed by atoms with van der Waals surface area (Å²) < 4.78 is 1.08. The summed E-state index contributed by atoms with van der Waals surface area (Å²) >= 11 is 9.40. The molecular formula is C9H10BrCl. The highest BCUT2D eigenvalue weighted by Gasteiger charge is 2.01. The highest BCUT2D eigenvalue weighted by molar-refractivity contribution is 9.10. The van der Waals surface area contributed by atoms with Gasteiger partial charge in [-0.2, -0.15) is 0 Å². The molecular weight excluding hydrogens is 223 g/mol. The predicted octanol–water partition coefficient (Wildman–Crippen LogP) is 3.97. The largest absolute Gasteiger partial charge is 0.0840 e. The fourth-order valence-corrected chi connectivity index (χ4v) is 1.76. The Balaban J connectivity index is 3.21. The fraction of sp³-hybridized carbons (Fsp3) is 0.333. The van der Waals surface area contributed by atoms with Gasteiger partial charge in [0.15, 0.2) is 0 Å². The molecule has 0 fully saturated rings. The van der Waals surface area contributed by atoms with Crippen molar-refractivity contribution in [1.82, 2.24) is 0 Å². The van der Waals surface area contributed by atoms with Crippen LogP contribution < -0.4 is 0 Å². The third-order valence-corrected chi connectivity index (χ3v) is 2.91. The molecule has 0 N–H and O–H groups in total. The van der Waals surface area contributed by atoms with Crippen molar-refractivity contribution in [2.24, 2.45) is 0 Å². The van der Waals surface area contributed by atoms with E-state index in [1.807, 2.05) is 6.07 Å². The molecule has 0 aromatic heterocycles. The van der Waals surface area contributed by atoms with Gasteiger partial charge in [0, 0.05) is 9.50 Å². The molecule has 0 saturated carbocycles.